The molecular formula is C15H16ClN3O. The van der Waals surface area contributed by atoms with Crippen molar-refractivity contribution in [1.82, 2.24) is 9.97 Å². The number of amides is 1. The summed E-state index contributed by atoms with van der Waals surface area (Å²) in [5.74, 6) is 0.440. The number of anilines is 2. The zero-order chi connectivity index (χ0) is 14.8. The minimum atomic E-state index is -0.531. The van der Waals surface area contributed by atoms with Gasteiger partial charge in [0.1, 0.15) is 0 Å². The van der Waals surface area contributed by atoms with Crippen LogP contribution in [0.25, 0.3) is 0 Å². The van der Waals surface area contributed by atoms with Crippen molar-refractivity contribution in [3.63, 3.8) is 0 Å². The van der Waals surface area contributed by atoms with Gasteiger partial charge in [-0.1, -0.05) is 32.4 Å². The third kappa shape index (κ3) is 3.14. The van der Waals surface area contributed by atoms with Crippen molar-refractivity contribution in [2.45, 2.75) is 20.8 Å². The first-order valence-corrected chi connectivity index (χ1v) is 6.63. The molecule has 0 saturated heterocycles. The molecule has 0 fully saturated rings. The summed E-state index contributed by atoms with van der Waals surface area (Å²) in [4.78, 5) is 22.5. The zero-order valence-corrected chi connectivity index (χ0v) is 12.4. The molecule has 0 saturated carbocycles. The number of rotatable bonds is 2. The Morgan fingerprint density at radius 1 is 1.15 bits per heavy atom. The van der Waals surface area contributed by atoms with Crippen LogP contribution in [0.2, 0.25) is 5.02 Å². The molecule has 0 radical (unpaired) electrons. The van der Waals surface area contributed by atoms with Crippen LogP contribution in [0.1, 0.15) is 20.8 Å². The molecule has 104 valence electrons. The SMILES string of the molecule is CC(C)(C)C(=O)N(c1ccc(Cl)cc1)c1cnccn1. The zero-order valence-electron chi connectivity index (χ0n) is 11.7. The molecule has 1 aromatic carbocycles. The monoisotopic (exact) mass is 289 g/mol. The maximum Gasteiger partial charge on any atom is 0.238 e. The van der Waals surface area contributed by atoms with Gasteiger partial charge >= 0.3 is 0 Å². The molecule has 1 heterocycles. The van der Waals surface area contributed by atoms with Crippen LogP contribution in [0, 0.1) is 5.41 Å². The molecule has 0 N–H and O–H groups in total. The summed E-state index contributed by atoms with van der Waals surface area (Å²) in [7, 11) is 0. The van der Waals surface area contributed by atoms with Crippen LogP contribution >= 0.6 is 11.6 Å². The van der Waals surface area contributed by atoms with Crippen molar-refractivity contribution in [3.8, 4) is 0 Å². The molecule has 2 rings (SSSR count). The molecule has 0 bridgehead atoms. The van der Waals surface area contributed by atoms with Gasteiger partial charge in [0.2, 0.25) is 5.91 Å². The first kappa shape index (κ1) is 14.5. The van der Waals surface area contributed by atoms with Crippen molar-refractivity contribution in [2.24, 2.45) is 5.41 Å². The second-order valence-corrected chi connectivity index (χ2v) is 5.87. The van der Waals surface area contributed by atoms with E-state index in [1.165, 1.54) is 0 Å². The quantitative estimate of drug-likeness (QED) is 0.844. The summed E-state index contributed by atoms with van der Waals surface area (Å²) in [6, 6.07) is 7.08. The Hall–Kier alpha value is -1.94. The highest BCUT2D eigenvalue weighted by molar-refractivity contribution is 6.30. The van der Waals surface area contributed by atoms with Gasteiger partial charge in [-0.3, -0.25) is 14.7 Å². The Morgan fingerprint density at radius 2 is 1.80 bits per heavy atom. The molecule has 4 nitrogen and oxygen atoms in total. The van der Waals surface area contributed by atoms with Crippen LogP contribution in [0.15, 0.2) is 42.9 Å². The summed E-state index contributed by atoms with van der Waals surface area (Å²) in [5, 5.41) is 0.621. The standard InChI is InChI=1S/C15H16ClN3O/c1-15(2,3)14(20)19(13-10-17-8-9-18-13)12-6-4-11(16)5-7-12/h4-10H,1-3H3. The molecular weight excluding hydrogens is 274 g/mol. The number of hydrogen-bond acceptors (Lipinski definition) is 3. The van der Waals surface area contributed by atoms with Crippen LogP contribution in [-0.2, 0) is 4.79 Å². The van der Waals surface area contributed by atoms with Crippen molar-refractivity contribution in [1.29, 1.82) is 0 Å². The lowest BCUT2D eigenvalue weighted by Gasteiger charge is -2.28. The molecule has 5 heteroatoms. The summed E-state index contributed by atoms with van der Waals surface area (Å²) in [5.41, 5.74) is 0.187. The van der Waals surface area contributed by atoms with Gasteiger partial charge in [0.25, 0.3) is 0 Å². The van der Waals surface area contributed by atoms with Gasteiger partial charge in [0, 0.05) is 22.8 Å². The van der Waals surface area contributed by atoms with Gasteiger partial charge < -0.3 is 0 Å². The van der Waals surface area contributed by atoms with E-state index in [-0.39, 0.29) is 5.91 Å². The predicted octanol–water partition coefficient (Wildman–Crippen LogP) is 3.84. The Labute approximate surface area is 123 Å². The summed E-state index contributed by atoms with van der Waals surface area (Å²) in [6.07, 6.45) is 4.71. The fourth-order valence-corrected chi connectivity index (χ4v) is 1.81. The van der Waals surface area contributed by atoms with E-state index < -0.39 is 5.41 Å². The maximum absolute atomic E-state index is 12.7. The van der Waals surface area contributed by atoms with E-state index in [1.54, 1.807) is 47.8 Å². The lowest BCUT2D eigenvalue weighted by Crippen LogP contribution is -2.36. The molecule has 0 spiro atoms. The smallest absolute Gasteiger partial charge is 0.238 e. The molecule has 2 aromatic rings. The number of carbonyl (C=O) groups excluding carboxylic acids is 1. The average molecular weight is 290 g/mol. The average Bonchev–Trinajstić information content (AvgIpc) is 2.41. The molecule has 0 atom stereocenters. The molecule has 1 amide bonds. The van der Waals surface area contributed by atoms with Gasteiger partial charge in [-0.05, 0) is 24.3 Å². The molecule has 0 aliphatic rings. The van der Waals surface area contributed by atoms with Gasteiger partial charge in [-0.15, -0.1) is 0 Å². The van der Waals surface area contributed by atoms with Crippen molar-refractivity contribution in [3.05, 3.63) is 47.9 Å². The van der Waals surface area contributed by atoms with Gasteiger partial charge in [0.05, 0.1) is 11.9 Å². The fourth-order valence-electron chi connectivity index (χ4n) is 1.69. The van der Waals surface area contributed by atoms with E-state index in [2.05, 4.69) is 9.97 Å². The highest BCUT2D eigenvalue weighted by atomic mass is 35.5. The Kier molecular flexibility index (Phi) is 4.04. The number of nitrogens with zero attached hydrogens (tertiary/aromatic N) is 3. The van der Waals surface area contributed by atoms with E-state index in [0.29, 0.717) is 10.8 Å². The summed E-state index contributed by atoms with van der Waals surface area (Å²) < 4.78 is 0. The van der Waals surface area contributed by atoms with Gasteiger partial charge in [-0.25, -0.2) is 4.98 Å². The van der Waals surface area contributed by atoms with Crippen molar-refractivity contribution in [2.75, 3.05) is 4.90 Å². The topological polar surface area (TPSA) is 46.1 Å². The Bertz CT molecular complexity index is 591. The maximum atomic E-state index is 12.7. The first-order valence-electron chi connectivity index (χ1n) is 6.26. The number of aromatic nitrogens is 2. The Balaban J connectivity index is 2.50. The minimum Gasteiger partial charge on any atom is -0.273 e. The van der Waals surface area contributed by atoms with E-state index in [0.717, 1.165) is 5.69 Å². The van der Waals surface area contributed by atoms with E-state index in [1.807, 2.05) is 20.8 Å². The van der Waals surface area contributed by atoms with Crippen molar-refractivity contribution < 1.29 is 4.79 Å². The van der Waals surface area contributed by atoms with Crippen LogP contribution < -0.4 is 4.90 Å². The van der Waals surface area contributed by atoms with Crippen LogP contribution in [0.4, 0.5) is 11.5 Å². The fraction of sp³-hybridized carbons (Fsp3) is 0.267. The van der Waals surface area contributed by atoms with E-state index in [9.17, 15) is 4.79 Å². The van der Waals surface area contributed by atoms with Gasteiger partial charge in [0.15, 0.2) is 5.82 Å². The third-order valence-corrected chi connectivity index (χ3v) is 2.96. The lowest BCUT2D eigenvalue weighted by atomic mass is 9.94. The lowest BCUT2D eigenvalue weighted by molar-refractivity contribution is -0.125. The number of hydrogen-bond donors (Lipinski definition) is 0. The second-order valence-electron chi connectivity index (χ2n) is 5.43. The van der Waals surface area contributed by atoms with Crippen LogP contribution in [-0.4, -0.2) is 15.9 Å². The highest BCUT2D eigenvalue weighted by Crippen LogP contribution is 2.30. The second kappa shape index (κ2) is 5.59. The largest absolute Gasteiger partial charge is 0.273 e. The molecule has 0 unspecified atom stereocenters. The molecule has 0 aliphatic carbocycles. The van der Waals surface area contributed by atoms with Crippen LogP contribution in [0.5, 0.6) is 0 Å². The van der Waals surface area contributed by atoms with E-state index >= 15 is 0 Å². The first-order chi connectivity index (χ1) is 9.39. The Morgan fingerprint density at radius 3 is 2.30 bits per heavy atom. The molecule has 20 heavy (non-hydrogen) atoms. The van der Waals surface area contributed by atoms with Crippen LogP contribution in [0.3, 0.4) is 0 Å². The third-order valence-electron chi connectivity index (χ3n) is 2.71. The predicted molar refractivity (Wildman–Crippen MR) is 80.1 cm³/mol. The molecule has 1 aromatic heterocycles. The number of benzene rings is 1. The van der Waals surface area contributed by atoms with E-state index in [4.69, 9.17) is 11.6 Å². The molecule has 0 aliphatic heterocycles. The number of carbonyl (C=O) groups is 1. The van der Waals surface area contributed by atoms with Gasteiger partial charge in [-0.2, -0.15) is 0 Å². The number of halogens is 1. The van der Waals surface area contributed by atoms with Crippen molar-refractivity contribution >= 4 is 29.0 Å². The summed E-state index contributed by atoms with van der Waals surface area (Å²) >= 11 is 5.90. The minimum absolute atomic E-state index is 0.0553. The highest BCUT2D eigenvalue weighted by Gasteiger charge is 2.30. The summed E-state index contributed by atoms with van der Waals surface area (Å²) in [6.45, 7) is 5.61. The normalized spacial score (nSPS) is 11.2.